The van der Waals surface area contributed by atoms with E-state index in [2.05, 4.69) is 26.0 Å². The third-order valence-electron chi connectivity index (χ3n) is 4.41. The van der Waals surface area contributed by atoms with Crippen molar-refractivity contribution in [2.75, 3.05) is 6.54 Å². The summed E-state index contributed by atoms with van der Waals surface area (Å²) < 4.78 is 2.42. The van der Waals surface area contributed by atoms with Gasteiger partial charge in [-0.05, 0) is 52.5 Å². The summed E-state index contributed by atoms with van der Waals surface area (Å²) in [5, 5.41) is 5.05. The summed E-state index contributed by atoms with van der Waals surface area (Å²) >= 11 is 9.48. The van der Waals surface area contributed by atoms with Crippen LogP contribution in [0.2, 0.25) is 5.02 Å². The highest BCUT2D eigenvalue weighted by atomic mass is 79.9. The van der Waals surface area contributed by atoms with E-state index in [9.17, 15) is 4.79 Å². The van der Waals surface area contributed by atoms with Gasteiger partial charge in [0.2, 0.25) is 0 Å². The Labute approximate surface area is 152 Å². The number of fused-ring (bicyclic) bond motifs is 2. The van der Waals surface area contributed by atoms with Gasteiger partial charge >= 0.3 is 0 Å². The third-order valence-corrected chi connectivity index (χ3v) is 5.05. The molecule has 3 heterocycles. The van der Waals surface area contributed by atoms with Crippen LogP contribution in [0.4, 0.5) is 0 Å². The molecule has 5 nitrogen and oxygen atoms in total. The lowest BCUT2D eigenvalue weighted by atomic mass is 9.93. The number of rotatable bonds is 1. The molecule has 1 aromatic carbocycles. The predicted molar refractivity (Wildman–Crippen MR) is 95.3 cm³/mol. The second-order valence-electron chi connectivity index (χ2n) is 5.87. The summed E-state index contributed by atoms with van der Waals surface area (Å²) in [4.78, 5) is 19.0. The number of hydrogen-bond donors (Lipinski definition) is 0. The Morgan fingerprint density at radius 2 is 2.21 bits per heavy atom. The van der Waals surface area contributed by atoms with Crippen LogP contribution in [0.15, 0.2) is 41.1 Å². The van der Waals surface area contributed by atoms with E-state index in [1.807, 2.05) is 30.0 Å². The maximum absolute atomic E-state index is 12.9. The SMILES string of the molecule is CC1c2cc(Cl)ccc2CCN1C(=O)c1cc2ncc(Br)cn2n1. The highest BCUT2D eigenvalue weighted by Gasteiger charge is 2.29. The average Bonchev–Trinajstić information content (AvgIpc) is 2.98. The van der Waals surface area contributed by atoms with Crippen molar-refractivity contribution in [2.24, 2.45) is 0 Å². The number of hydrogen-bond acceptors (Lipinski definition) is 3. The van der Waals surface area contributed by atoms with Crippen molar-refractivity contribution in [2.45, 2.75) is 19.4 Å². The Balaban J connectivity index is 1.68. The van der Waals surface area contributed by atoms with Crippen LogP contribution in [0.1, 0.15) is 34.6 Å². The summed E-state index contributed by atoms with van der Waals surface area (Å²) in [5.74, 6) is -0.0882. The summed E-state index contributed by atoms with van der Waals surface area (Å²) in [7, 11) is 0. The highest BCUT2D eigenvalue weighted by Crippen LogP contribution is 2.32. The lowest BCUT2D eigenvalue weighted by Crippen LogP contribution is -2.39. The summed E-state index contributed by atoms with van der Waals surface area (Å²) in [6.07, 6.45) is 4.29. The molecule has 1 aliphatic heterocycles. The van der Waals surface area contributed by atoms with Crippen LogP contribution in [0.5, 0.6) is 0 Å². The molecule has 1 amide bonds. The smallest absolute Gasteiger partial charge is 0.274 e. The van der Waals surface area contributed by atoms with Gasteiger partial charge in [0, 0.05) is 30.0 Å². The minimum absolute atomic E-state index is 0.0375. The second kappa shape index (κ2) is 5.86. The fraction of sp³-hybridized carbons (Fsp3) is 0.235. The summed E-state index contributed by atoms with van der Waals surface area (Å²) in [6, 6.07) is 7.57. The number of carbonyl (C=O) groups is 1. The van der Waals surface area contributed by atoms with E-state index in [0.29, 0.717) is 22.9 Å². The van der Waals surface area contributed by atoms with E-state index in [0.717, 1.165) is 16.5 Å². The van der Waals surface area contributed by atoms with Gasteiger partial charge in [0.1, 0.15) is 0 Å². The van der Waals surface area contributed by atoms with Gasteiger partial charge in [0.05, 0.1) is 10.5 Å². The molecule has 4 rings (SSSR count). The molecular formula is C17H14BrClN4O. The second-order valence-corrected chi connectivity index (χ2v) is 7.22. The average molecular weight is 406 g/mol. The van der Waals surface area contributed by atoms with Crippen molar-refractivity contribution < 1.29 is 4.79 Å². The number of aromatic nitrogens is 3. The zero-order valence-electron chi connectivity index (χ0n) is 12.9. The topological polar surface area (TPSA) is 50.5 Å². The normalized spacial score (nSPS) is 17.1. The monoisotopic (exact) mass is 404 g/mol. The van der Waals surface area contributed by atoms with E-state index in [1.165, 1.54) is 5.56 Å². The van der Waals surface area contributed by atoms with Crippen LogP contribution in [0.3, 0.4) is 0 Å². The Kier molecular flexibility index (Phi) is 3.81. The van der Waals surface area contributed by atoms with Crippen LogP contribution >= 0.6 is 27.5 Å². The molecule has 7 heteroatoms. The largest absolute Gasteiger partial charge is 0.330 e. The standard InChI is InChI=1S/C17H14BrClN4O/c1-10-14-6-13(19)3-2-11(14)4-5-22(10)17(24)15-7-16-20-8-12(18)9-23(16)21-15/h2-3,6-10H,4-5H2,1H3. The predicted octanol–water partition coefficient (Wildman–Crippen LogP) is 3.90. The molecule has 1 atom stereocenters. The van der Waals surface area contributed by atoms with Crippen molar-refractivity contribution in [3.63, 3.8) is 0 Å². The van der Waals surface area contributed by atoms with Gasteiger partial charge in [-0.25, -0.2) is 9.50 Å². The maximum Gasteiger partial charge on any atom is 0.274 e. The van der Waals surface area contributed by atoms with Crippen LogP contribution in [0, 0.1) is 0 Å². The molecular weight excluding hydrogens is 392 g/mol. The maximum atomic E-state index is 12.9. The summed E-state index contributed by atoms with van der Waals surface area (Å²) in [5.41, 5.74) is 3.40. The Bertz CT molecular complexity index is 955. The molecule has 122 valence electrons. The van der Waals surface area contributed by atoms with Crippen molar-refractivity contribution in [1.29, 1.82) is 0 Å². The number of nitrogens with zero attached hydrogens (tertiary/aromatic N) is 4. The van der Waals surface area contributed by atoms with E-state index in [4.69, 9.17) is 11.6 Å². The zero-order chi connectivity index (χ0) is 16.8. The molecule has 0 fully saturated rings. The minimum Gasteiger partial charge on any atom is -0.330 e. The summed E-state index contributed by atoms with van der Waals surface area (Å²) in [6.45, 7) is 2.69. The lowest BCUT2D eigenvalue weighted by Gasteiger charge is -2.35. The van der Waals surface area contributed by atoms with Crippen molar-refractivity contribution in [3.05, 3.63) is 63.0 Å². The van der Waals surface area contributed by atoms with Gasteiger partial charge in [0.15, 0.2) is 11.3 Å². The van der Waals surface area contributed by atoms with Gasteiger partial charge in [-0.2, -0.15) is 5.10 Å². The number of carbonyl (C=O) groups excluding carboxylic acids is 1. The van der Waals surface area contributed by atoms with E-state index < -0.39 is 0 Å². The van der Waals surface area contributed by atoms with Crippen LogP contribution in [-0.2, 0) is 6.42 Å². The van der Waals surface area contributed by atoms with Crippen LogP contribution < -0.4 is 0 Å². The van der Waals surface area contributed by atoms with Gasteiger partial charge < -0.3 is 4.90 Å². The first-order valence-electron chi connectivity index (χ1n) is 7.63. The Morgan fingerprint density at radius 1 is 1.38 bits per heavy atom. The quantitative estimate of drug-likeness (QED) is 0.617. The lowest BCUT2D eigenvalue weighted by molar-refractivity contribution is 0.0671. The Morgan fingerprint density at radius 3 is 3.04 bits per heavy atom. The van der Waals surface area contributed by atoms with E-state index in [-0.39, 0.29) is 11.9 Å². The number of amides is 1. The van der Waals surface area contributed by atoms with Gasteiger partial charge in [-0.3, -0.25) is 4.79 Å². The molecule has 0 bridgehead atoms. The zero-order valence-corrected chi connectivity index (χ0v) is 15.3. The molecule has 1 unspecified atom stereocenters. The van der Waals surface area contributed by atoms with Gasteiger partial charge in [-0.15, -0.1) is 0 Å². The molecule has 0 spiro atoms. The molecule has 0 N–H and O–H groups in total. The van der Waals surface area contributed by atoms with Crippen molar-refractivity contribution >= 4 is 39.1 Å². The van der Waals surface area contributed by atoms with E-state index in [1.54, 1.807) is 23.0 Å². The molecule has 1 aliphatic rings. The molecule has 0 radical (unpaired) electrons. The first kappa shape index (κ1) is 15.6. The molecule has 0 saturated carbocycles. The van der Waals surface area contributed by atoms with Gasteiger partial charge in [0.25, 0.3) is 5.91 Å². The third kappa shape index (κ3) is 2.59. The molecule has 3 aromatic rings. The number of benzene rings is 1. The minimum atomic E-state index is -0.0882. The van der Waals surface area contributed by atoms with Crippen molar-refractivity contribution in [3.8, 4) is 0 Å². The fourth-order valence-electron chi connectivity index (χ4n) is 3.17. The molecule has 0 saturated heterocycles. The first-order chi connectivity index (χ1) is 11.5. The van der Waals surface area contributed by atoms with Crippen molar-refractivity contribution in [1.82, 2.24) is 19.5 Å². The van der Waals surface area contributed by atoms with E-state index >= 15 is 0 Å². The first-order valence-corrected chi connectivity index (χ1v) is 8.80. The highest BCUT2D eigenvalue weighted by molar-refractivity contribution is 9.10. The van der Waals surface area contributed by atoms with Crippen LogP contribution in [-0.4, -0.2) is 31.9 Å². The van der Waals surface area contributed by atoms with Crippen LogP contribution in [0.25, 0.3) is 5.65 Å². The molecule has 24 heavy (non-hydrogen) atoms. The molecule has 0 aliphatic carbocycles. The fourth-order valence-corrected chi connectivity index (χ4v) is 3.64. The molecule has 2 aromatic heterocycles. The van der Waals surface area contributed by atoms with Gasteiger partial charge in [-0.1, -0.05) is 17.7 Å². The Hall–Kier alpha value is -1.92. The number of halogens is 2.